The first kappa shape index (κ1) is 22.6. The van der Waals surface area contributed by atoms with Gasteiger partial charge in [-0.3, -0.25) is 9.89 Å². The summed E-state index contributed by atoms with van der Waals surface area (Å²) in [5.41, 5.74) is 1.02. The highest BCUT2D eigenvalue weighted by Gasteiger charge is 2.57. The van der Waals surface area contributed by atoms with Gasteiger partial charge in [-0.15, -0.1) is 5.10 Å². The molecule has 0 spiro atoms. The summed E-state index contributed by atoms with van der Waals surface area (Å²) in [6, 6.07) is 13.0. The number of halogens is 6. The van der Waals surface area contributed by atoms with Crippen LogP contribution in [-0.4, -0.2) is 39.8 Å². The molecule has 0 aliphatic carbocycles. The molecule has 12 heteroatoms. The van der Waals surface area contributed by atoms with Crippen LogP contribution in [0.15, 0.2) is 48.5 Å². The largest absolute Gasteiger partial charge is 0.455 e. The second-order valence-electron chi connectivity index (χ2n) is 6.33. The molecule has 6 nitrogen and oxygen atoms in total. The van der Waals surface area contributed by atoms with Gasteiger partial charge < -0.3 is 10.1 Å². The Morgan fingerprint density at radius 1 is 1.10 bits per heavy atom. The third-order valence-corrected chi connectivity index (χ3v) is 4.36. The number of rotatable bonds is 7. The Morgan fingerprint density at radius 2 is 1.81 bits per heavy atom. The fourth-order valence-electron chi connectivity index (χ4n) is 2.41. The molecule has 0 saturated heterocycles. The van der Waals surface area contributed by atoms with E-state index in [2.05, 4.69) is 25.2 Å². The van der Waals surface area contributed by atoms with Crippen LogP contribution in [0, 0.1) is 0 Å². The second-order valence-corrected chi connectivity index (χ2v) is 6.74. The third-order valence-electron chi connectivity index (χ3n) is 3.99. The van der Waals surface area contributed by atoms with E-state index in [-0.39, 0.29) is 22.1 Å². The molecule has 0 saturated carbocycles. The maximum Gasteiger partial charge on any atom is 0.455 e. The number of nitrogens with one attached hydrogen (secondary N) is 2. The van der Waals surface area contributed by atoms with Crippen LogP contribution in [0.3, 0.4) is 0 Å². The number of benzene rings is 2. The van der Waals surface area contributed by atoms with E-state index in [0.717, 1.165) is 5.56 Å². The van der Waals surface area contributed by atoms with Crippen LogP contribution >= 0.6 is 11.6 Å². The molecule has 2 N–H and O–H groups in total. The average Bonchev–Trinajstić information content (AvgIpc) is 3.20. The zero-order chi connectivity index (χ0) is 22.6. The highest BCUT2D eigenvalue weighted by molar-refractivity contribution is 6.31. The molecular formula is C19H14ClF5N4O2. The topological polar surface area (TPSA) is 79.9 Å². The number of hydrogen-bond acceptors (Lipinski definition) is 4. The van der Waals surface area contributed by atoms with Crippen molar-refractivity contribution in [3.8, 4) is 11.4 Å². The predicted molar refractivity (Wildman–Crippen MR) is 102 cm³/mol. The normalized spacial score (nSPS) is 12.1. The van der Waals surface area contributed by atoms with Gasteiger partial charge in [0.25, 0.3) is 5.91 Å². The molecule has 0 bridgehead atoms. The van der Waals surface area contributed by atoms with Gasteiger partial charge in [0.1, 0.15) is 6.61 Å². The Labute approximate surface area is 177 Å². The van der Waals surface area contributed by atoms with Crippen LogP contribution in [0.5, 0.6) is 0 Å². The van der Waals surface area contributed by atoms with Crippen LogP contribution < -0.4 is 5.32 Å². The van der Waals surface area contributed by atoms with Crippen LogP contribution in [0.25, 0.3) is 11.4 Å². The van der Waals surface area contributed by atoms with Crippen molar-refractivity contribution < 1.29 is 31.5 Å². The minimum Gasteiger partial charge on any atom is -0.370 e. The van der Waals surface area contributed by atoms with Crippen molar-refractivity contribution >= 4 is 23.2 Å². The number of nitrogens with zero attached hydrogens (tertiary/aromatic N) is 2. The van der Waals surface area contributed by atoms with Gasteiger partial charge in [0.2, 0.25) is 5.82 Å². The van der Waals surface area contributed by atoms with E-state index in [1.807, 2.05) is 6.07 Å². The lowest BCUT2D eigenvalue weighted by molar-refractivity contribution is -0.297. The van der Waals surface area contributed by atoms with E-state index in [9.17, 15) is 26.7 Å². The number of amides is 1. The molecule has 3 aromatic rings. The zero-order valence-corrected chi connectivity index (χ0v) is 16.3. The van der Waals surface area contributed by atoms with E-state index in [0.29, 0.717) is 5.82 Å². The summed E-state index contributed by atoms with van der Waals surface area (Å²) in [4.78, 5) is 16.5. The van der Waals surface area contributed by atoms with Crippen molar-refractivity contribution in [3.05, 3.63) is 64.9 Å². The molecule has 1 aromatic heterocycles. The molecule has 0 unspecified atom stereocenters. The molecule has 1 heterocycles. The minimum atomic E-state index is -5.72. The molecule has 2 aromatic carbocycles. The van der Waals surface area contributed by atoms with Gasteiger partial charge in [-0.05, 0) is 23.8 Å². The van der Waals surface area contributed by atoms with Crippen molar-refractivity contribution in [1.82, 2.24) is 15.2 Å². The van der Waals surface area contributed by atoms with E-state index in [1.54, 1.807) is 24.3 Å². The van der Waals surface area contributed by atoms with Gasteiger partial charge in [0.15, 0.2) is 5.82 Å². The molecule has 0 atom stereocenters. The molecular weight excluding hydrogens is 447 g/mol. The summed E-state index contributed by atoms with van der Waals surface area (Å²) in [6.07, 6.45) is -5.72. The lowest BCUT2D eigenvalue weighted by Crippen LogP contribution is -2.40. The standard InChI is InChI=1S/C19H14ClF5N4O2/c20-14-7-6-13(8-12(14)9-31-10-18(21,22)19(23,24)25)26-17(30)16-27-15(28-29-16)11-4-2-1-3-5-11/h1-8H,9-10H2,(H,26,30)(H,27,28,29). The Kier molecular flexibility index (Phi) is 6.56. The Hall–Kier alpha value is -3.05. The number of hydrogen-bond donors (Lipinski definition) is 2. The first-order chi connectivity index (χ1) is 14.6. The molecule has 0 fully saturated rings. The molecule has 0 aliphatic heterocycles. The number of ether oxygens (including phenoxy) is 1. The second kappa shape index (κ2) is 8.98. The van der Waals surface area contributed by atoms with E-state index in [4.69, 9.17) is 11.6 Å². The van der Waals surface area contributed by atoms with Crippen LogP contribution in [0.2, 0.25) is 5.02 Å². The summed E-state index contributed by atoms with van der Waals surface area (Å²) >= 11 is 5.93. The molecule has 0 radical (unpaired) electrons. The Morgan fingerprint density at radius 3 is 2.48 bits per heavy atom. The van der Waals surface area contributed by atoms with Crippen molar-refractivity contribution in [2.75, 3.05) is 11.9 Å². The maximum atomic E-state index is 12.9. The fraction of sp³-hybridized carbons (Fsp3) is 0.211. The highest BCUT2D eigenvalue weighted by atomic mass is 35.5. The van der Waals surface area contributed by atoms with Gasteiger partial charge in [0.05, 0.1) is 6.61 Å². The van der Waals surface area contributed by atoms with Crippen LogP contribution in [-0.2, 0) is 11.3 Å². The van der Waals surface area contributed by atoms with E-state index < -0.39 is 31.2 Å². The Balaban J connectivity index is 1.65. The van der Waals surface area contributed by atoms with Gasteiger partial charge in [-0.1, -0.05) is 41.9 Å². The van der Waals surface area contributed by atoms with Crippen molar-refractivity contribution in [2.45, 2.75) is 18.7 Å². The van der Waals surface area contributed by atoms with Crippen molar-refractivity contribution in [3.63, 3.8) is 0 Å². The molecule has 1 amide bonds. The summed E-state index contributed by atoms with van der Waals surface area (Å²) in [6.45, 7) is -2.48. The minimum absolute atomic E-state index is 0.0672. The van der Waals surface area contributed by atoms with Gasteiger partial charge in [0, 0.05) is 16.3 Å². The predicted octanol–water partition coefficient (Wildman–Crippen LogP) is 5.09. The monoisotopic (exact) mass is 460 g/mol. The summed E-state index contributed by atoms with van der Waals surface area (Å²) in [5.74, 6) is -5.44. The number of H-pyrrole nitrogens is 1. The van der Waals surface area contributed by atoms with E-state index in [1.165, 1.54) is 18.2 Å². The molecule has 31 heavy (non-hydrogen) atoms. The highest BCUT2D eigenvalue weighted by Crippen LogP contribution is 2.35. The van der Waals surface area contributed by atoms with Gasteiger partial charge in [-0.25, -0.2) is 4.98 Å². The summed E-state index contributed by atoms with van der Waals surface area (Å²) in [5, 5.41) is 9.04. The van der Waals surface area contributed by atoms with Gasteiger partial charge in [-0.2, -0.15) is 22.0 Å². The average molecular weight is 461 g/mol. The fourth-order valence-corrected chi connectivity index (χ4v) is 2.58. The van der Waals surface area contributed by atoms with Crippen LogP contribution in [0.4, 0.5) is 27.6 Å². The number of aromatic nitrogens is 3. The molecule has 164 valence electrons. The number of aromatic amines is 1. The van der Waals surface area contributed by atoms with Crippen LogP contribution in [0.1, 0.15) is 16.2 Å². The van der Waals surface area contributed by atoms with Gasteiger partial charge >= 0.3 is 12.1 Å². The number of carbonyl (C=O) groups excluding carboxylic acids is 1. The Bertz CT molecular complexity index is 1060. The SMILES string of the molecule is O=C(Nc1ccc(Cl)c(COCC(F)(F)C(F)(F)F)c1)c1n[nH]c(-c2ccccc2)n1. The lowest BCUT2D eigenvalue weighted by atomic mass is 10.2. The summed E-state index contributed by atoms with van der Waals surface area (Å²) < 4.78 is 67.0. The van der Waals surface area contributed by atoms with E-state index >= 15 is 0 Å². The number of anilines is 1. The first-order valence-electron chi connectivity index (χ1n) is 8.67. The number of alkyl halides is 5. The quantitative estimate of drug-likeness (QED) is 0.481. The smallest absolute Gasteiger partial charge is 0.370 e. The lowest BCUT2D eigenvalue weighted by Gasteiger charge is -2.19. The molecule has 3 rings (SSSR count). The maximum absolute atomic E-state index is 12.9. The summed E-state index contributed by atoms with van der Waals surface area (Å²) in [7, 11) is 0. The van der Waals surface area contributed by atoms with Crippen molar-refractivity contribution in [1.29, 1.82) is 0 Å². The zero-order valence-electron chi connectivity index (χ0n) is 15.5. The third kappa shape index (κ3) is 5.56. The number of carbonyl (C=O) groups is 1. The first-order valence-corrected chi connectivity index (χ1v) is 9.04. The van der Waals surface area contributed by atoms with Crippen molar-refractivity contribution in [2.24, 2.45) is 0 Å². The molecule has 0 aliphatic rings.